The first-order valence-corrected chi connectivity index (χ1v) is 14.2. The Morgan fingerprint density at radius 3 is 2.35 bits per heavy atom. The molecule has 0 aromatic heterocycles. The van der Waals surface area contributed by atoms with Gasteiger partial charge in [0.15, 0.2) is 11.5 Å². The van der Waals surface area contributed by atoms with Crippen LogP contribution in [0, 0.1) is 0 Å². The van der Waals surface area contributed by atoms with Crippen molar-refractivity contribution in [2.75, 3.05) is 44.8 Å². The summed E-state index contributed by atoms with van der Waals surface area (Å²) in [6, 6.07) is 10.9. The monoisotopic (exact) mass is 534 g/mol. The number of carbonyl (C=O) groups excluding carboxylic acids is 1. The molecule has 0 bridgehead atoms. The van der Waals surface area contributed by atoms with E-state index >= 15 is 0 Å². The van der Waals surface area contributed by atoms with Gasteiger partial charge in [-0.05, 0) is 62.6 Å². The molecule has 2 aromatic carbocycles. The minimum atomic E-state index is -4.11. The molecule has 0 heterocycles. The van der Waals surface area contributed by atoms with Crippen molar-refractivity contribution in [1.29, 1.82) is 0 Å². The van der Waals surface area contributed by atoms with Crippen molar-refractivity contribution in [3.05, 3.63) is 42.5 Å². The summed E-state index contributed by atoms with van der Waals surface area (Å²) >= 11 is 0. The average Bonchev–Trinajstić information content (AvgIpc) is 2.92. The predicted molar refractivity (Wildman–Crippen MR) is 142 cm³/mol. The molecule has 2 aromatic rings. The van der Waals surface area contributed by atoms with Gasteiger partial charge in [-0.1, -0.05) is 19.3 Å². The second-order valence-corrected chi connectivity index (χ2v) is 10.7. The molecule has 1 saturated carbocycles. The molecule has 1 amide bonds. The maximum absolute atomic E-state index is 13.7. The first-order chi connectivity index (χ1) is 17.9. The number of nitrogens with one attached hydrogen (secondary N) is 1. The number of sulfonamides is 1. The van der Waals surface area contributed by atoms with Crippen LogP contribution >= 0.6 is 0 Å². The number of benzene rings is 2. The van der Waals surface area contributed by atoms with Gasteiger partial charge < -0.3 is 24.3 Å². The zero-order valence-corrected chi connectivity index (χ0v) is 22.7. The fourth-order valence-corrected chi connectivity index (χ4v) is 5.70. The first-order valence-electron chi connectivity index (χ1n) is 12.7. The first kappa shape index (κ1) is 28.6. The van der Waals surface area contributed by atoms with Crippen molar-refractivity contribution in [3.63, 3.8) is 0 Å². The highest BCUT2D eigenvalue weighted by Crippen LogP contribution is 2.32. The van der Waals surface area contributed by atoms with Gasteiger partial charge in [0.2, 0.25) is 5.91 Å². The van der Waals surface area contributed by atoms with Crippen molar-refractivity contribution in [1.82, 2.24) is 5.32 Å². The van der Waals surface area contributed by atoms with Gasteiger partial charge in [-0.3, -0.25) is 9.10 Å². The maximum Gasteiger partial charge on any atom is 0.264 e. The van der Waals surface area contributed by atoms with Crippen LogP contribution in [-0.2, 0) is 19.6 Å². The summed E-state index contributed by atoms with van der Waals surface area (Å²) in [4.78, 5) is 12.8. The molecule has 1 N–H and O–H groups in total. The Labute approximate surface area is 220 Å². The van der Waals surface area contributed by atoms with E-state index in [2.05, 4.69) is 5.32 Å². The van der Waals surface area contributed by atoms with E-state index < -0.39 is 15.9 Å². The number of hydrogen-bond donors (Lipinski definition) is 1. The van der Waals surface area contributed by atoms with Gasteiger partial charge in [-0.15, -0.1) is 0 Å². The van der Waals surface area contributed by atoms with Crippen LogP contribution in [0.4, 0.5) is 5.69 Å². The molecule has 0 unspecified atom stereocenters. The molecule has 0 radical (unpaired) electrons. The van der Waals surface area contributed by atoms with E-state index in [4.69, 9.17) is 18.9 Å². The quantitative estimate of drug-likeness (QED) is 0.363. The molecule has 0 saturated heterocycles. The lowest BCUT2D eigenvalue weighted by atomic mass is 9.98. The summed E-state index contributed by atoms with van der Waals surface area (Å²) < 4.78 is 50.4. The molecule has 0 atom stereocenters. The van der Waals surface area contributed by atoms with E-state index in [1.807, 2.05) is 6.92 Å². The Bertz CT molecular complexity index is 1100. The lowest BCUT2D eigenvalue weighted by Crippen LogP contribution is -2.41. The average molecular weight is 535 g/mol. The highest BCUT2D eigenvalue weighted by molar-refractivity contribution is 7.92. The van der Waals surface area contributed by atoms with Crippen LogP contribution in [0.1, 0.15) is 45.4 Å². The highest BCUT2D eigenvalue weighted by atomic mass is 32.2. The van der Waals surface area contributed by atoms with Gasteiger partial charge in [0.05, 0.1) is 37.5 Å². The molecule has 37 heavy (non-hydrogen) atoms. The van der Waals surface area contributed by atoms with Crippen LogP contribution in [0.5, 0.6) is 17.2 Å². The van der Waals surface area contributed by atoms with E-state index in [1.165, 1.54) is 51.7 Å². The van der Waals surface area contributed by atoms with Crippen molar-refractivity contribution in [2.24, 2.45) is 0 Å². The second kappa shape index (κ2) is 14.1. The summed E-state index contributed by atoms with van der Waals surface area (Å²) in [6.45, 7) is 2.94. The van der Waals surface area contributed by atoms with E-state index in [9.17, 15) is 13.2 Å². The smallest absolute Gasteiger partial charge is 0.264 e. The molecular weight excluding hydrogens is 496 g/mol. The van der Waals surface area contributed by atoms with Crippen molar-refractivity contribution in [2.45, 2.75) is 56.4 Å². The van der Waals surface area contributed by atoms with Gasteiger partial charge in [0.1, 0.15) is 12.3 Å². The van der Waals surface area contributed by atoms with Gasteiger partial charge in [0.25, 0.3) is 10.0 Å². The molecule has 3 rings (SSSR count). The number of hydrogen-bond acceptors (Lipinski definition) is 7. The van der Waals surface area contributed by atoms with Gasteiger partial charge >= 0.3 is 0 Å². The third-order valence-corrected chi connectivity index (χ3v) is 7.98. The molecule has 0 aliphatic heterocycles. The van der Waals surface area contributed by atoms with Crippen LogP contribution in [-0.4, -0.2) is 61.0 Å². The van der Waals surface area contributed by atoms with Crippen LogP contribution in [0.2, 0.25) is 0 Å². The number of anilines is 1. The van der Waals surface area contributed by atoms with Crippen LogP contribution in [0.15, 0.2) is 47.4 Å². The zero-order chi connectivity index (χ0) is 26.7. The zero-order valence-electron chi connectivity index (χ0n) is 21.9. The van der Waals surface area contributed by atoms with E-state index in [0.717, 1.165) is 17.1 Å². The number of ether oxygens (including phenoxy) is 4. The lowest BCUT2D eigenvalue weighted by Gasteiger charge is -2.25. The second-order valence-electron chi connectivity index (χ2n) is 8.79. The SMILES string of the molecule is CCOc1ccc(N(CC(=O)NCCCOC2CCCCC2)S(=O)(=O)c2ccc(OC)c(OC)c2)cc1. The fraction of sp³-hybridized carbons (Fsp3) is 0.519. The minimum Gasteiger partial charge on any atom is -0.494 e. The number of nitrogens with zero attached hydrogens (tertiary/aromatic N) is 1. The largest absolute Gasteiger partial charge is 0.494 e. The molecular formula is C27H38N2O7S. The molecule has 9 nitrogen and oxygen atoms in total. The molecule has 1 aliphatic carbocycles. The maximum atomic E-state index is 13.7. The fourth-order valence-electron chi connectivity index (χ4n) is 4.26. The number of amides is 1. The van der Waals surface area contributed by atoms with E-state index in [-0.39, 0.29) is 17.2 Å². The normalized spacial score (nSPS) is 14.1. The molecule has 10 heteroatoms. The molecule has 204 valence electrons. The Balaban J connectivity index is 1.72. The van der Waals surface area contributed by atoms with Crippen LogP contribution < -0.4 is 23.8 Å². The Morgan fingerprint density at radius 1 is 1.00 bits per heavy atom. The highest BCUT2D eigenvalue weighted by Gasteiger charge is 2.28. The Morgan fingerprint density at radius 2 is 1.70 bits per heavy atom. The third-order valence-electron chi connectivity index (χ3n) is 6.21. The summed E-state index contributed by atoms with van der Waals surface area (Å²) in [5.74, 6) is 0.882. The van der Waals surface area contributed by atoms with Gasteiger partial charge in [-0.2, -0.15) is 0 Å². The standard InChI is InChI=1S/C27H38N2O7S/c1-4-35-23-13-11-21(12-14-23)29(37(31,32)24-15-16-25(33-2)26(19-24)34-3)20-27(30)28-17-8-18-36-22-9-6-5-7-10-22/h11-16,19,22H,4-10,17-18,20H2,1-3H3,(H,28,30). The Kier molecular flexibility index (Phi) is 10.9. The van der Waals surface area contributed by atoms with E-state index in [0.29, 0.717) is 49.5 Å². The van der Waals surface area contributed by atoms with Crippen molar-refractivity contribution < 1.29 is 32.2 Å². The molecule has 1 fully saturated rings. The summed E-state index contributed by atoms with van der Waals surface area (Å²) in [5, 5.41) is 2.82. The van der Waals surface area contributed by atoms with Gasteiger partial charge in [0, 0.05) is 19.2 Å². The topological polar surface area (TPSA) is 103 Å². The molecule has 1 aliphatic rings. The molecule has 0 spiro atoms. The van der Waals surface area contributed by atoms with Crippen LogP contribution in [0.3, 0.4) is 0 Å². The summed E-state index contributed by atoms with van der Waals surface area (Å²) in [5.41, 5.74) is 0.342. The van der Waals surface area contributed by atoms with Crippen molar-refractivity contribution >= 4 is 21.6 Å². The predicted octanol–water partition coefficient (Wildman–Crippen LogP) is 4.15. The van der Waals surface area contributed by atoms with E-state index in [1.54, 1.807) is 24.3 Å². The number of methoxy groups -OCH3 is 2. The Hall–Kier alpha value is -2.98. The minimum absolute atomic E-state index is 0.0206. The lowest BCUT2D eigenvalue weighted by molar-refractivity contribution is -0.119. The third kappa shape index (κ3) is 8.00. The number of carbonyl (C=O) groups is 1. The van der Waals surface area contributed by atoms with Crippen molar-refractivity contribution in [3.8, 4) is 17.2 Å². The summed E-state index contributed by atoms with van der Waals surface area (Å²) in [7, 11) is -1.20. The number of rotatable bonds is 14. The van der Waals surface area contributed by atoms with Crippen LogP contribution in [0.25, 0.3) is 0 Å². The van der Waals surface area contributed by atoms with Gasteiger partial charge in [-0.25, -0.2) is 8.42 Å². The summed E-state index contributed by atoms with van der Waals surface area (Å²) in [6.07, 6.45) is 6.84.